The first-order valence-corrected chi connectivity index (χ1v) is 6.99. The van der Waals surface area contributed by atoms with Gasteiger partial charge in [0.05, 0.1) is 0 Å². The third-order valence-electron chi connectivity index (χ3n) is 3.63. The van der Waals surface area contributed by atoms with Gasteiger partial charge < -0.3 is 25.3 Å². The first-order valence-electron chi connectivity index (χ1n) is 6.99. The smallest absolute Gasteiger partial charge is 0.313 e. The number of fused-ring (bicyclic) bond motifs is 1. The van der Waals surface area contributed by atoms with Crippen molar-refractivity contribution < 1.29 is 24.4 Å². The Hall–Kier alpha value is -2.58. The second-order valence-electron chi connectivity index (χ2n) is 5.44. The standard InChI is InChI=1S/C15H15BN2O5/c1-8-4-10(22-9-2-3-18-12(17)6-9)5-11-14(8)15(21,23-16-11)7-13(19)20/h2-6,16,21H,7H2,1H3,(H2,17,18)(H,19,20). The maximum atomic E-state index is 10.9. The van der Waals surface area contributed by atoms with Crippen molar-refractivity contribution in [1.29, 1.82) is 0 Å². The zero-order chi connectivity index (χ0) is 16.6. The number of ether oxygens (including phenoxy) is 1. The summed E-state index contributed by atoms with van der Waals surface area (Å²) in [6.07, 6.45) is 1.03. The van der Waals surface area contributed by atoms with Crippen LogP contribution < -0.4 is 15.9 Å². The lowest BCUT2D eigenvalue weighted by Crippen LogP contribution is -2.30. The molecule has 4 N–H and O–H groups in total. The molecule has 0 aliphatic carbocycles. The van der Waals surface area contributed by atoms with Gasteiger partial charge in [0.25, 0.3) is 0 Å². The Bertz CT molecular complexity index is 782. The van der Waals surface area contributed by atoms with Gasteiger partial charge in [-0.05, 0) is 36.1 Å². The van der Waals surface area contributed by atoms with Crippen molar-refractivity contribution in [2.75, 3.05) is 5.73 Å². The quantitative estimate of drug-likeness (QED) is 0.699. The van der Waals surface area contributed by atoms with Crippen LogP contribution >= 0.6 is 0 Å². The molecule has 0 radical (unpaired) electrons. The number of nitrogens with two attached hydrogens (primary N) is 1. The summed E-state index contributed by atoms with van der Waals surface area (Å²) in [7, 11) is 0.121. The average molecular weight is 314 g/mol. The number of hydrogen-bond donors (Lipinski definition) is 3. The number of aryl methyl sites for hydroxylation is 1. The molecule has 0 saturated heterocycles. The molecular formula is C15H15BN2O5. The SMILES string of the molecule is Cc1cc(Oc2ccnc(N)c2)cc2c1C(O)(CC(=O)O)OB2. The molecule has 7 nitrogen and oxygen atoms in total. The summed E-state index contributed by atoms with van der Waals surface area (Å²) >= 11 is 0. The van der Waals surface area contributed by atoms with Gasteiger partial charge >= 0.3 is 13.5 Å². The molecule has 0 saturated carbocycles. The largest absolute Gasteiger partial charge is 0.481 e. The number of pyridine rings is 1. The number of hydrogen-bond acceptors (Lipinski definition) is 6. The van der Waals surface area contributed by atoms with E-state index >= 15 is 0 Å². The highest BCUT2D eigenvalue weighted by molar-refractivity contribution is 6.49. The fraction of sp³-hybridized carbons (Fsp3) is 0.200. The second-order valence-corrected chi connectivity index (χ2v) is 5.44. The topological polar surface area (TPSA) is 115 Å². The first-order chi connectivity index (χ1) is 10.9. The van der Waals surface area contributed by atoms with Crippen LogP contribution in [-0.2, 0) is 15.2 Å². The van der Waals surface area contributed by atoms with Crippen molar-refractivity contribution in [3.8, 4) is 11.5 Å². The second kappa shape index (κ2) is 5.56. The fourth-order valence-electron chi connectivity index (χ4n) is 2.80. The summed E-state index contributed by atoms with van der Waals surface area (Å²) in [5.41, 5.74) is 7.50. The number of nitrogen functional groups attached to an aromatic ring is 1. The van der Waals surface area contributed by atoms with Crippen molar-refractivity contribution in [3.63, 3.8) is 0 Å². The molecule has 1 unspecified atom stereocenters. The van der Waals surface area contributed by atoms with Gasteiger partial charge in [-0.3, -0.25) is 4.79 Å². The Balaban J connectivity index is 1.93. The fourth-order valence-corrected chi connectivity index (χ4v) is 2.80. The van der Waals surface area contributed by atoms with Crippen LogP contribution in [0.2, 0.25) is 0 Å². The van der Waals surface area contributed by atoms with Gasteiger partial charge in [0.15, 0.2) is 5.79 Å². The number of carbonyl (C=O) groups is 1. The summed E-state index contributed by atoms with van der Waals surface area (Å²) in [5, 5.41) is 19.4. The maximum Gasteiger partial charge on any atom is 0.313 e. The van der Waals surface area contributed by atoms with Gasteiger partial charge in [-0.25, -0.2) is 4.98 Å². The molecule has 2 aromatic rings. The Morgan fingerprint density at radius 3 is 2.91 bits per heavy atom. The maximum absolute atomic E-state index is 10.9. The van der Waals surface area contributed by atoms with Gasteiger partial charge in [-0.15, -0.1) is 0 Å². The van der Waals surface area contributed by atoms with Crippen LogP contribution in [0, 0.1) is 6.92 Å². The van der Waals surface area contributed by atoms with Crippen LogP contribution in [0.3, 0.4) is 0 Å². The van der Waals surface area contributed by atoms with Crippen molar-refractivity contribution in [3.05, 3.63) is 41.6 Å². The molecule has 0 fully saturated rings. The molecule has 1 atom stereocenters. The highest BCUT2D eigenvalue weighted by atomic mass is 16.6. The van der Waals surface area contributed by atoms with Gasteiger partial charge in [-0.2, -0.15) is 0 Å². The third-order valence-corrected chi connectivity index (χ3v) is 3.63. The van der Waals surface area contributed by atoms with Crippen molar-refractivity contribution in [1.82, 2.24) is 4.98 Å². The number of aromatic nitrogens is 1. The normalized spacial score (nSPS) is 19.0. The number of rotatable bonds is 4. The van der Waals surface area contributed by atoms with E-state index in [0.717, 1.165) is 0 Å². The van der Waals surface area contributed by atoms with E-state index in [-0.39, 0.29) is 7.48 Å². The van der Waals surface area contributed by atoms with E-state index in [1.54, 1.807) is 37.4 Å². The van der Waals surface area contributed by atoms with Crippen molar-refractivity contribution >= 4 is 24.7 Å². The molecule has 1 aliphatic rings. The number of nitrogens with zero attached hydrogens (tertiary/aromatic N) is 1. The molecule has 0 spiro atoms. The molecule has 0 bridgehead atoms. The number of carboxylic acids is 1. The van der Waals surface area contributed by atoms with Crippen molar-refractivity contribution in [2.24, 2.45) is 0 Å². The first kappa shape index (κ1) is 15.3. The van der Waals surface area contributed by atoms with Gasteiger partial charge in [0, 0.05) is 17.8 Å². The number of carboxylic acid groups (broad SMARTS) is 1. The molecule has 118 valence electrons. The third kappa shape index (κ3) is 2.99. The number of aliphatic carboxylic acids is 1. The van der Waals surface area contributed by atoms with E-state index in [1.807, 2.05) is 0 Å². The summed E-state index contributed by atoms with van der Waals surface area (Å²) in [4.78, 5) is 14.8. The lowest BCUT2D eigenvalue weighted by atomic mass is 9.83. The van der Waals surface area contributed by atoms with E-state index in [2.05, 4.69) is 4.98 Å². The predicted octanol–water partition coefficient (Wildman–Crippen LogP) is 0.391. The van der Waals surface area contributed by atoms with Crippen LogP contribution in [0.25, 0.3) is 0 Å². The van der Waals surface area contributed by atoms with Crippen LogP contribution in [0.5, 0.6) is 11.5 Å². The Labute approximate surface area is 133 Å². The summed E-state index contributed by atoms with van der Waals surface area (Å²) in [5.74, 6) is -1.50. The van der Waals surface area contributed by atoms with Gasteiger partial charge in [-0.1, -0.05) is 0 Å². The molecule has 1 aromatic carbocycles. The van der Waals surface area contributed by atoms with E-state index in [9.17, 15) is 9.90 Å². The van der Waals surface area contributed by atoms with E-state index < -0.39 is 18.2 Å². The predicted molar refractivity (Wildman–Crippen MR) is 83.9 cm³/mol. The van der Waals surface area contributed by atoms with Gasteiger partial charge in [0.2, 0.25) is 0 Å². The monoisotopic (exact) mass is 314 g/mol. The molecule has 2 heterocycles. The highest BCUT2D eigenvalue weighted by Crippen LogP contribution is 2.34. The minimum absolute atomic E-state index is 0.121. The highest BCUT2D eigenvalue weighted by Gasteiger charge is 2.42. The summed E-state index contributed by atoms with van der Waals surface area (Å²) < 4.78 is 11.1. The van der Waals surface area contributed by atoms with Crippen LogP contribution in [0.15, 0.2) is 30.5 Å². The van der Waals surface area contributed by atoms with E-state index in [1.165, 1.54) is 0 Å². The molecule has 0 amide bonds. The summed E-state index contributed by atoms with van der Waals surface area (Å²) in [6, 6.07) is 6.71. The Kier molecular flexibility index (Phi) is 3.71. The van der Waals surface area contributed by atoms with Gasteiger partial charge in [0.1, 0.15) is 23.7 Å². The van der Waals surface area contributed by atoms with Crippen LogP contribution in [-0.4, -0.2) is 28.6 Å². The molecule has 23 heavy (non-hydrogen) atoms. The zero-order valence-corrected chi connectivity index (χ0v) is 12.4. The molecular weight excluding hydrogens is 299 g/mol. The summed E-state index contributed by atoms with van der Waals surface area (Å²) in [6.45, 7) is 1.77. The van der Waals surface area contributed by atoms with E-state index in [4.69, 9.17) is 20.2 Å². The number of aliphatic hydroxyl groups is 1. The lowest BCUT2D eigenvalue weighted by Gasteiger charge is -2.24. The average Bonchev–Trinajstić information content (AvgIpc) is 2.75. The minimum Gasteiger partial charge on any atom is -0.481 e. The molecule has 1 aromatic heterocycles. The Morgan fingerprint density at radius 1 is 1.43 bits per heavy atom. The van der Waals surface area contributed by atoms with E-state index in [0.29, 0.717) is 33.9 Å². The Morgan fingerprint density at radius 2 is 2.22 bits per heavy atom. The lowest BCUT2D eigenvalue weighted by molar-refractivity contribution is -0.169. The van der Waals surface area contributed by atoms with Crippen LogP contribution in [0.4, 0.5) is 5.82 Å². The van der Waals surface area contributed by atoms with Crippen molar-refractivity contribution in [2.45, 2.75) is 19.1 Å². The number of anilines is 1. The number of benzene rings is 1. The molecule has 1 aliphatic heterocycles. The molecule has 8 heteroatoms. The van der Waals surface area contributed by atoms with Crippen LogP contribution in [0.1, 0.15) is 17.5 Å². The molecule has 3 rings (SSSR count). The minimum atomic E-state index is -1.80. The zero-order valence-electron chi connectivity index (χ0n) is 12.4.